The molecule has 0 bridgehead atoms. The first-order valence-corrected chi connectivity index (χ1v) is 7.10. The first-order valence-electron chi connectivity index (χ1n) is 7.10. The summed E-state index contributed by atoms with van der Waals surface area (Å²) in [5.41, 5.74) is 1.62. The molecular formula is C15H25N3. The van der Waals surface area contributed by atoms with E-state index in [0.29, 0.717) is 11.6 Å². The Kier molecular flexibility index (Phi) is 4.36. The zero-order valence-electron chi connectivity index (χ0n) is 11.8. The van der Waals surface area contributed by atoms with Gasteiger partial charge < -0.3 is 5.32 Å². The Balaban J connectivity index is 2.09. The van der Waals surface area contributed by atoms with Gasteiger partial charge in [0, 0.05) is 43.6 Å². The second kappa shape index (κ2) is 5.81. The van der Waals surface area contributed by atoms with Gasteiger partial charge in [0.15, 0.2) is 0 Å². The fraction of sp³-hybridized carbons (Fsp3) is 0.667. The first kappa shape index (κ1) is 13.5. The van der Waals surface area contributed by atoms with Crippen LogP contribution in [0.25, 0.3) is 0 Å². The van der Waals surface area contributed by atoms with E-state index in [-0.39, 0.29) is 0 Å². The quantitative estimate of drug-likeness (QED) is 0.886. The van der Waals surface area contributed by atoms with Crippen LogP contribution in [0, 0.1) is 0 Å². The lowest BCUT2D eigenvalue weighted by atomic mass is 9.89. The van der Waals surface area contributed by atoms with Crippen LogP contribution in [0.5, 0.6) is 0 Å². The molecule has 1 atom stereocenters. The van der Waals surface area contributed by atoms with E-state index in [9.17, 15) is 0 Å². The van der Waals surface area contributed by atoms with E-state index in [1.807, 2.05) is 18.5 Å². The van der Waals surface area contributed by atoms with Crippen molar-refractivity contribution in [3.8, 4) is 0 Å². The van der Waals surface area contributed by atoms with Gasteiger partial charge in [0.25, 0.3) is 0 Å². The Morgan fingerprint density at radius 1 is 1.44 bits per heavy atom. The monoisotopic (exact) mass is 247 g/mol. The summed E-state index contributed by atoms with van der Waals surface area (Å²) in [4.78, 5) is 6.82. The lowest BCUT2D eigenvalue weighted by Gasteiger charge is -2.45. The lowest BCUT2D eigenvalue weighted by molar-refractivity contribution is 0.0918. The van der Waals surface area contributed by atoms with Crippen LogP contribution in [0.4, 0.5) is 0 Å². The maximum Gasteiger partial charge on any atom is 0.0336 e. The summed E-state index contributed by atoms with van der Waals surface area (Å²) in [6, 6.07) is 4.67. The number of rotatable bonds is 4. The summed E-state index contributed by atoms with van der Waals surface area (Å²) in [6.45, 7) is 10.2. The number of aromatic nitrogens is 1. The minimum atomic E-state index is 0.300. The topological polar surface area (TPSA) is 28.2 Å². The van der Waals surface area contributed by atoms with E-state index >= 15 is 0 Å². The fourth-order valence-corrected chi connectivity index (χ4v) is 2.88. The molecule has 18 heavy (non-hydrogen) atoms. The Morgan fingerprint density at radius 2 is 2.22 bits per heavy atom. The largest absolute Gasteiger partial charge is 0.309 e. The third-order valence-corrected chi connectivity index (χ3v) is 4.47. The third kappa shape index (κ3) is 2.73. The van der Waals surface area contributed by atoms with Gasteiger partial charge in [-0.2, -0.15) is 0 Å². The summed E-state index contributed by atoms with van der Waals surface area (Å²) in [5, 5.41) is 3.71. The van der Waals surface area contributed by atoms with Crippen LogP contribution >= 0.6 is 0 Å². The molecule has 1 N–H and O–H groups in total. The smallest absolute Gasteiger partial charge is 0.0336 e. The third-order valence-electron chi connectivity index (χ3n) is 4.47. The van der Waals surface area contributed by atoms with Gasteiger partial charge in [-0.1, -0.05) is 19.9 Å². The van der Waals surface area contributed by atoms with Gasteiger partial charge in [0.05, 0.1) is 0 Å². The maximum atomic E-state index is 4.23. The second-order valence-corrected chi connectivity index (χ2v) is 5.35. The van der Waals surface area contributed by atoms with Gasteiger partial charge in [-0.15, -0.1) is 0 Å². The summed E-state index contributed by atoms with van der Waals surface area (Å²) in [5.74, 6) is 0. The highest BCUT2D eigenvalue weighted by Crippen LogP contribution is 2.26. The van der Waals surface area contributed by atoms with E-state index < -0.39 is 0 Å². The van der Waals surface area contributed by atoms with Crippen molar-refractivity contribution >= 4 is 0 Å². The Morgan fingerprint density at radius 3 is 2.83 bits per heavy atom. The summed E-state index contributed by atoms with van der Waals surface area (Å²) < 4.78 is 0. The van der Waals surface area contributed by atoms with Crippen LogP contribution in [-0.2, 0) is 0 Å². The molecule has 0 amide bonds. The average Bonchev–Trinajstić information content (AvgIpc) is 2.47. The second-order valence-electron chi connectivity index (χ2n) is 5.35. The van der Waals surface area contributed by atoms with Crippen LogP contribution in [0.15, 0.2) is 24.5 Å². The summed E-state index contributed by atoms with van der Waals surface area (Å²) >= 11 is 0. The van der Waals surface area contributed by atoms with Crippen LogP contribution in [0.2, 0.25) is 0 Å². The van der Waals surface area contributed by atoms with Crippen molar-refractivity contribution in [2.75, 3.05) is 19.6 Å². The Bertz CT molecular complexity index is 359. The molecule has 1 aliphatic heterocycles. The molecule has 1 unspecified atom stereocenters. The molecular weight excluding hydrogens is 222 g/mol. The highest BCUT2D eigenvalue weighted by Gasteiger charge is 2.33. The number of nitrogens with zero attached hydrogens (tertiary/aromatic N) is 2. The molecule has 3 heteroatoms. The number of nitrogens with one attached hydrogen (secondary N) is 1. The van der Waals surface area contributed by atoms with Gasteiger partial charge in [-0.05, 0) is 31.4 Å². The van der Waals surface area contributed by atoms with Gasteiger partial charge in [-0.3, -0.25) is 9.88 Å². The average molecular weight is 247 g/mol. The molecule has 1 aromatic heterocycles. The summed E-state index contributed by atoms with van der Waals surface area (Å²) in [7, 11) is 0. The molecule has 0 spiro atoms. The number of hydrogen-bond acceptors (Lipinski definition) is 3. The summed E-state index contributed by atoms with van der Waals surface area (Å²) in [6.07, 6.45) is 6.22. The predicted octanol–water partition coefficient (Wildman–Crippen LogP) is 2.61. The zero-order chi connectivity index (χ0) is 13.0. The molecule has 0 aliphatic carbocycles. The van der Waals surface area contributed by atoms with Crippen LogP contribution < -0.4 is 5.32 Å². The van der Waals surface area contributed by atoms with Crippen molar-refractivity contribution in [2.45, 2.75) is 45.2 Å². The van der Waals surface area contributed by atoms with E-state index in [1.165, 1.54) is 18.4 Å². The fourth-order valence-electron chi connectivity index (χ4n) is 2.88. The standard InChI is InChI=1S/C15H25N3/c1-4-15(5-2)12-18(10-9-17-15)13(3)14-7-6-8-16-11-14/h6-8,11,13,17H,4-5,9-10,12H2,1-3H3. The molecule has 1 fully saturated rings. The molecule has 2 rings (SSSR count). The molecule has 0 radical (unpaired) electrons. The SMILES string of the molecule is CCC1(CC)CN(C(C)c2cccnc2)CCN1. The Hall–Kier alpha value is -0.930. The van der Waals surface area contributed by atoms with Gasteiger partial charge in [0.2, 0.25) is 0 Å². The maximum absolute atomic E-state index is 4.23. The molecule has 100 valence electrons. The lowest BCUT2D eigenvalue weighted by Crippen LogP contribution is -2.60. The van der Waals surface area contributed by atoms with E-state index in [4.69, 9.17) is 0 Å². The molecule has 1 aliphatic rings. The molecule has 3 nitrogen and oxygen atoms in total. The van der Waals surface area contributed by atoms with Crippen molar-refractivity contribution in [1.29, 1.82) is 0 Å². The van der Waals surface area contributed by atoms with E-state index in [1.54, 1.807) is 0 Å². The molecule has 0 saturated carbocycles. The van der Waals surface area contributed by atoms with Crippen molar-refractivity contribution in [3.05, 3.63) is 30.1 Å². The van der Waals surface area contributed by atoms with Gasteiger partial charge in [-0.25, -0.2) is 0 Å². The molecule has 0 aromatic carbocycles. The van der Waals surface area contributed by atoms with Crippen molar-refractivity contribution in [2.24, 2.45) is 0 Å². The molecule has 2 heterocycles. The number of hydrogen-bond donors (Lipinski definition) is 1. The normalized spacial score (nSPS) is 21.7. The first-order chi connectivity index (χ1) is 8.71. The molecule has 1 aromatic rings. The minimum absolute atomic E-state index is 0.300. The van der Waals surface area contributed by atoms with E-state index in [0.717, 1.165) is 19.6 Å². The van der Waals surface area contributed by atoms with Crippen LogP contribution in [0.3, 0.4) is 0 Å². The van der Waals surface area contributed by atoms with Crippen molar-refractivity contribution < 1.29 is 0 Å². The predicted molar refractivity (Wildman–Crippen MR) is 75.5 cm³/mol. The number of pyridine rings is 1. The van der Waals surface area contributed by atoms with Crippen LogP contribution in [-0.4, -0.2) is 35.1 Å². The minimum Gasteiger partial charge on any atom is -0.309 e. The van der Waals surface area contributed by atoms with Gasteiger partial charge in [0.1, 0.15) is 0 Å². The number of piperazine rings is 1. The van der Waals surface area contributed by atoms with Crippen molar-refractivity contribution in [1.82, 2.24) is 15.2 Å². The highest BCUT2D eigenvalue weighted by atomic mass is 15.2. The Labute approximate surface area is 111 Å². The highest BCUT2D eigenvalue weighted by molar-refractivity contribution is 5.14. The van der Waals surface area contributed by atoms with Gasteiger partial charge >= 0.3 is 0 Å². The van der Waals surface area contributed by atoms with Crippen LogP contribution in [0.1, 0.15) is 45.2 Å². The van der Waals surface area contributed by atoms with Crippen molar-refractivity contribution in [3.63, 3.8) is 0 Å². The zero-order valence-corrected chi connectivity index (χ0v) is 11.8. The molecule has 1 saturated heterocycles. The van der Waals surface area contributed by atoms with E-state index in [2.05, 4.69) is 42.0 Å².